The summed E-state index contributed by atoms with van der Waals surface area (Å²) in [7, 11) is 0. The van der Waals surface area contributed by atoms with Crippen molar-refractivity contribution < 1.29 is 0 Å². The molecule has 1 aromatic heterocycles. The summed E-state index contributed by atoms with van der Waals surface area (Å²) in [6.45, 7) is 9.41. The highest BCUT2D eigenvalue weighted by molar-refractivity contribution is 6.30. The molecular weight excluding hydrogens is 258 g/mol. The van der Waals surface area contributed by atoms with Crippen LogP contribution < -0.4 is 5.32 Å². The van der Waals surface area contributed by atoms with Gasteiger partial charge >= 0.3 is 0 Å². The Hall–Kier alpha value is -1.48. The second-order valence-electron chi connectivity index (χ2n) is 5.34. The lowest BCUT2D eigenvalue weighted by Crippen LogP contribution is -2.07. The summed E-state index contributed by atoms with van der Waals surface area (Å²) < 4.78 is 2.15. The molecule has 19 heavy (non-hydrogen) atoms. The zero-order valence-corrected chi connectivity index (χ0v) is 12.6. The van der Waals surface area contributed by atoms with Gasteiger partial charge in [-0.1, -0.05) is 31.5 Å². The van der Waals surface area contributed by atoms with Gasteiger partial charge in [-0.25, -0.2) is 4.98 Å². The Kier molecular flexibility index (Phi) is 4.15. The normalized spacial score (nSPS) is 11.1. The lowest BCUT2D eigenvalue weighted by Gasteiger charge is -2.13. The molecule has 0 spiro atoms. The van der Waals surface area contributed by atoms with Crippen molar-refractivity contribution in [2.75, 3.05) is 5.32 Å². The Labute approximate surface area is 119 Å². The van der Waals surface area contributed by atoms with E-state index in [1.165, 1.54) is 0 Å². The van der Waals surface area contributed by atoms with E-state index in [1.54, 1.807) is 0 Å². The molecule has 0 aliphatic heterocycles. The van der Waals surface area contributed by atoms with Gasteiger partial charge in [-0.05, 0) is 37.5 Å². The molecule has 0 radical (unpaired) electrons. The standard InChI is InChI=1S/C15H20ClN3/c1-10(2)8-19-9-12(4)17-15(19)18-14-7-13(16)6-5-11(14)3/h5-7,9-10H,8H2,1-4H3,(H,17,18). The van der Waals surface area contributed by atoms with Crippen molar-refractivity contribution in [2.45, 2.75) is 34.2 Å². The molecule has 0 amide bonds. The zero-order valence-electron chi connectivity index (χ0n) is 11.9. The predicted octanol–water partition coefficient (Wildman–Crippen LogP) is 4.55. The van der Waals surface area contributed by atoms with Crippen LogP contribution in [0.15, 0.2) is 24.4 Å². The number of halogens is 1. The molecule has 1 aromatic carbocycles. The summed E-state index contributed by atoms with van der Waals surface area (Å²) in [4.78, 5) is 4.54. The number of nitrogens with one attached hydrogen (secondary N) is 1. The molecule has 0 atom stereocenters. The number of anilines is 2. The summed E-state index contributed by atoms with van der Waals surface area (Å²) >= 11 is 6.05. The van der Waals surface area contributed by atoms with Crippen LogP contribution in [0.2, 0.25) is 5.02 Å². The smallest absolute Gasteiger partial charge is 0.207 e. The van der Waals surface area contributed by atoms with Crippen LogP contribution in [0.4, 0.5) is 11.6 Å². The molecule has 1 N–H and O–H groups in total. The first kappa shape index (κ1) is 13.9. The maximum absolute atomic E-state index is 6.05. The second kappa shape index (κ2) is 5.66. The van der Waals surface area contributed by atoms with Crippen LogP contribution in [0.1, 0.15) is 25.1 Å². The Morgan fingerprint density at radius 3 is 2.74 bits per heavy atom. The van der Waals surface area contributed by atoms with E-state index >= 15 is 0 Å². The third-order valence-corrected chi connectivity index (χ3v) is 3.14. The Balaban J connectivity index is 2.29. The molecule has 0 fully saturated rings. The van der Waals surface area contributed by atoms with Gasteiger partial charge in [0.05, 0.1) is 5.69 Å². The van der Waals surface area contributed by atoms with Crippen LogP contribution in [-0.2, 0) is 6.54 Å². The first-order valence-electron chi connectivity index (χ1n) is 6.52. The summed E-state index contributed by atoms with van der Waals surface area (Å²) in [5.41, 5.74) is 3.17. The first-order valence-corrected chi connectivity index (χ1v) is 6.90. The highest BCUT2D eigenvalue weighted by Gasteiger charge is 2.09. The fourth-order valence-corrected chi connectivity index (χ4v) is 2.20. The first-order chi connectivity index (χ1) is 8.95. The molecule has 0 unspecified atom stereocenters. The van der Waals surface area contributed by atoms with Gasteiger partial charge in [0.1, 0.15) is 0 Å². The van der Waals surface area contributed by atoms with E-state index in [2.05, 4.69) is 41.8 Å². The van der Waals surface area contributed by atoms with E-state index < -0.39 is 0 Å². The number of aryl methyl sites for hydroxylation is 2. The van der Waals surface area contributed by atoms with Crippen LogP contribution in [-0.4, -0.2) is 9.55 Å². The van der Waals surface area contributed by atoms with Gasteiger partial charge in [-0.2, -0.15) is 0 Å². The largest absolute Gasteiger partial charge is 0.325 e. The fourth-order valence-electron chi connectivity index (χ4n) is 2.03. The molecule has 0 aliphatic rings. The van der Waals surface area contributed by atoms with Gasteiger partial charge in [-0.3, -0.25) is 0 Å². The maximum Gasteiger partial charge on any atom is 0.207 e. The van der Waals surface area contributed by atoms with E-state index in [1.807, 2.05) is 25.1 Å². The number of hydrogen-bond acceptors (Lipinski definition) is 2. The predicted molar refractivity (Wildman–Crippen MR) is 81.3 cm³/mol. The molecule has 0 aliphatic carbocycles. The fraction of sp³-hybridized carbons (Fsp3) is 0.400. The molecule has 4 heteroatoms. The maximum atomic E-state index is 6.05. The van der Waals surface area contributed by atoms with Crippen LogP contribution in [0.5, 0.6) is 0 Å². The number of aromatic nitrogens is 2. The van der Waals surface area contributed by atoms with Crippen molar-refractivity contribution in [3.05, 3.63) is 40.7 Å². The van der Waals surface area contributed by atoms with E-state index in [4.69, 9.17) is 11.6 Å². The topological polar surface area (TPSA) is 29.9 Å². The molecule has 2 rings (SSSR count). The van der Waals surface area contributed by atoms with Crippen molar-refractivity contribution in [2.24, 2.45) is 5.92 Å². The minimum atomic E-state index is 0.578. The van der Waals surface area contributed by atoms with Gasteiger partial charge in [0.25, 0.3) is 0 Å². The Bertz CT molecular complexity index is 573. The van der Waals surface area contributed by atoms with Crippen molar-refractivity contribution in [3.8, 4) is 0 Å². The third-order valence-electron chi connectivity index (χ3n) is 2.90. The minimum Gasteiger partial charge on any atom is -0.325 e. The van der Waals surface area contributed by atoms with Crippen LogP contribution >= 0.6 is 11.6 Å². The summed E-state index contributed by atoms with van der Waals surface area (Å²) in [5.74, 6) is 1.45. The molecule has 3 nitrogen and oxygen atoms in total. The molecular formula is C15H20ClN3. The number of hydrogen-bond donors (Lipinski definition) is 1. The quantitative estimate of drug-likeness (QED) is 0.888. The molecule has 0 saturated heterocycles. The Morgan fingerprint density at radius 1 is 1.32 bits per heavy atom. The summed E-state index contributed by atoms with van der Waals surface area (Å²) in [6.07, 6.45) is 2.07. The third kappa shape index (κ3) is 3.51. The Morgan fingerprint density at radius 2 is 2.05 bits per heavy atom. The van der Waals surface area contributed by atoms with Crippen LogP contribution in [0.3, 0.4) is 0 Å². The van der Waals surface area contributed by atoms with Gasteiger partial charge in [0, 0.05) is 23.5 Å². The summed E-state index contributed by atoms with van der Waals surface area (Å²) in [5, 5.41) is 4.10. The highest BCUT2D eigenvalue weighted by atomic mass is 35.5. The SMILES string of the molecule is Cc1cn(CC(C)C)c(Nc2cc(Cl)ccc2C)n1. The van der Waals surface area contributed by atoms with Gasteiger partial charge < -0.3 is 9.88 Å². The van der Waals surface area contributed by atoms with Crippen molar-refractivity contribution in [1.82, 2.24) is 9.55 Å². The average Bonchev–Trinajstić information content (AvgIpc) is 2.63. The summed E-state index contributed by atoms with van der Waals surface area (Å²) in [6, 6.07) is 5.84. The van der Waals surface area contributed by atoms with E-state index in [0.717, 1.165) is 34.5 Å². The van der Waals surface area contributed by atoms with E-state index in [9.17, 15) is 0 Å². The van der Waals surface area contributed by atoms with E-state index in [-0.39, 0.29) is 0 Å². The van der Waals surface area contributed by atoms with Crippen molar-refractivity contribution in [3.63, 3.8) is 0 Å². The van der Waals surface area contributed by atoms with Gasteiger partial charge in [0.15, 0.2) is 0 Å². The van der Waals surface area contributed by atoms with Crippen LogP contribution in [0.25, 0.3) is 0 Å². The lowest BCUT2D eigenvalue weighted by atomic mass is 10.2. The van der Waals surface area contributed by atoms with Gasteiger partial charge in [-0.15, -0.1) is 0 Å². The number of benzene rings is 1. The zero-order chi connectivity index (χ0) is 14.0. The van der Waals surface area contributed by atoms with Crippen molar-refractivity contribution >= 4 is 23.2 Å². The monoisotopic (exact) mass is 277 g/mol. The van der Waals surface area contributed by atoms with E-state index in [0.29, 0.717) is 5.92 Å². The average molecular weight is 278 g/mol. The lowest BCUT2D eigenvalue weighted by molar-refractivity contribution is 0.527. The number of rotatable bonds is 4. The molecule has 102 valence electrons. The van der Waals surface area contributed by atoms with Crippen molar-refractivity contribution in [1.29, 1.82) is 0 Å². The molecule has 0 saturated carbocycles. The number of imidazole rings is 1. The van der Waals surface area contributed by atoms with Gasteiger partial charge in [0.2, 0.25) is 5.95 Å². The highest BCUT2D eigenvalue weighted by Crippen LogP contribution is 2.24. The second-order valence-corrected chi connectivity index (χ2v) is 5.77. The molecule has 1 heterocycles. The number of nitrogens with zero attached hydrogens (tertiary/aromatic N) is 2. The van der Waals surface area contributed by atoms with Crippen LogP contribution in [0, 0.1) is 19.8 Å². The minimum absolute atomic E-state index is 0.578. The molecule has 2 aromatic rings. The molecule has 0 bridgehead atoms.